The Kier molecular flexibility index (Phi) is 16.5. The first kappa shape index (κ1) is 48.9. The van der Waals surface area contributed by atoms with E-state index >= 15 is 0 Å². The molecule has 0 amide bonds. The molecule has 2 aliphatic rings. The highest BCUT2D eigenvalue weighted by molar-refractivity contribution is 5.92. The van der Waals surface area contributed by atoms with Gasteiger partial charge in [0.1, 0.15) is 31.0 Å². The van der Waals surface area contributed by atoms with E-state index in [1.54, 1.807) is 115 Å². The summed E-state index contributed by atoms with van der Waals surface area (Å²) in [6.07, 6.45) is -17.1. The highest BCUT2D eigenvalue weighted by Crippen LogP contribution is 2.36. The average Bonchev–Trinajstić information content (AvgIpc) is 3.41. The van der Waals surface area contributed by atoms with Gasteiger partial charge in [-0.15, -0.1) is 0 Å². The van der Waals surface area contributed by atoms with Crippen LogP contribution in [0.15, 0.2) is 182 Å². The van der Waals surface area contributed by atoms with Gasteiger partial charge in [-0.2, -0.15) is 0 Å². The topological polar surface area (TPSA) is 209 Å². The Morgan fingerprint density at radius 2 is 0.771 bits per heavy atom. The molecular weight excluding hydrogens is 905 g/mol. The normalized spacial score (nSPS) is 24.0. The van der Waals surface area contributed by atoms with Gasteiger partial charge in [0.25, 0.3) is 0 Å². The molecule has 0 spiro atoms. The van der Waals surface area contributed by atoms with Gasteiger partial charge >= 0.3 is 29.8 Å². The Balaban J connectivity index is 1.24. The molecule has 16 nitrogen and oxygen atoms in total. The number of esters is 5. The third kappa shape index (κ3) is 12.2. The largest absolute Gasteiger partial charge is 0.459 e. The molecule has 0 saturated carbocycles. The van der Waals surface area contributed by atoms with Crippen LogP contribution in [-0.4, -0.2) is 115 Å². The van der Waals surface area contributed by atoms with Crippen molar-refractivity contribution in [1.82, 2.24) is 0 Å². The zero-order chi connectivity index (χ0) is 48.8. The van der Waals surface area contributed by atoms with E-state index in [2.05, 4.69) is 0 Å². The highest BCUT2D eigenvalue weighted by Gasteiger charge is 2.57. The molecule has 0 aliphatic carbocycles. The molecule has 2 fully saturated rings. The zero-order valence-corrected chi connectivity index (χ0v) is 37.3. The van der Waals surface area contributed by atoms with Crippen LogP contribution in [-0.2, 0) is 49.2 Å². The number of rotatable bonds is 17. The maximum absolute atomic E-state index is 14.3. The minimum Gasteiger partial charge on any atom is -0.459 e. The van der Waals surface area contributed by atoms with Crippen LogP contribution in [0.1, 0.15) is 57.4 Å². The minimum atomic E-state index is -1.91. The first-order valence-corrected chi connectivity index (χ1v) is 22.3. The maximum Gasteiger partial charge on any atom is 0.338 e. The van der Waals surface area contributed by atoms with Crippen molar-refractivity contribution < 1.29 is 76.8 Å². The fourth-order valence-corrected chi connectivity index (χ4v) is 7.77. The number of ether oxygens (including phenoxy) is 9. The van der Waals surface area contributed by atoms with Crippen molar-refractivity contribution in [3.63, 3.8) is 0 Å². The van der Waals surface area contributed by atoms with Crippen LogP contribution in [0.3, 0.4) is 0 Å². The molecular formula is C54H48O16. The number of aliphatic hydroxyl groups excluding tert-OH is 2. The van der Waals surface area contributed by atoms with E-state index in [-0.39, 0.29) is 34.4 Å². The van der Waals surface area contributed by atoms with Gasteiger partial charge in [-0.25, -0.2) is 24.0 Å². The number of carbonyl (C=O) groups is 5. The van der Waals surface area contributed by atoms with Crippen LogP contribution in [0.2, 0.25) is 0 Å². The first-order valence-electron chi connectivity index (χ1n) is 22.3. The molecule has 70 heavy (non-hydrogen) atoms. The predicted octanol–water partition coefficient (Wildman–Crippen LogP) is 6.15. The van der Waals surface area contributed by atoms with Crippen LogP contribution in [0.5, 0.6) is 0 Å². The Morgan fingerprint density at radius 1 is 0.414 bits per heavy atom. The summed E-state index contributed by atoms with van der Waals surface area (Å²) in [5, 5.41) is 22.3. The summed E-state index contributed by atoms with van der Waals surface area (Å²) >= 11 is 0. The molecule has 6 aromatic carbocycles. The van der Waals surface area contributed by atoms with Gasteiger partial charge in [0, 0.05) is 0 Å². The minimum absolute atomic E-state index is 0.0563. The van der Waals surface area contributed by atoms with E-state index in [1.165, 1.54) is 60.7 Å². The quantitative estimate of drug-likeness (QED) is 0.0776. The Bertz CT molecular complexity index is 2640. The lowest BCUT2D eigenvalue weighted by atomic mass is 9.96. The number of hydrogen-bond donors (Lipinski definition) is 2. The Labute approximate surface area is 402 Å². The van der Waals surface area contributed by atoms with Gasteiger partial charge in [0.2, 0.25) is 0 Å². The summed E-state index contributed by atoms with van der Waals surface area (Å²) in [5.41, 5.74) is 1.19. The molecule has 2 N–H and O–H groups in total. The second kappa shape index (κ2) is 23.6. The lowest BCUT2D eigenvalue weighted by molar-refractivity contribution is -0.357. The fraction of sp³-hybridized carbons (Fsp3) is 0.241. The molecule has 0 bridgehead atoms. The van der Waals surface area contributed by atoms with E-state index < -0.39 is 104 Å². The van der Waals surface area contributed by atoms with Gasteiger partial charge < -0.3 is 52.8 Å². The predicted molar refractivity (Wildman–Crippen MR) is 246 cm³/mol. The van der Waals surface area contributed by atoms with E-state index in [9.17, 15) is 34.2 Å². The molecule has 5 unspecified atom stereocenters. The molecule has 0 radical (unpaired) electrons. The van der Waals surface area contributed by atoms with Crippen LogP contribution in [0.25, 0.3) is 0 Å². The van der Waals surface area contributed by atoms with Crippen LogP contribution < -0.4 is 0 Å². The molecule has 2 saturated heterocycles. The summed E-state index contributed by atoms with van der Waals surface area (Å²) in [6.45, 7) is -1.60. The summed E-state index contributed by atoms with van der Waals surface area (Å²) in [7, 11) is 0. The summed E-state index contributed by atoms with van der Waals surface area (Å²) < 4.78 is 56.1. The molecule has 16 heteroatoms. The van der Waals surface area contributed by atoms with Gasteiger partial charge in [-0.3, -0.25) is 0 Å². The van der Waals surface area contributed by atoms with Crippen molar-refractivity contribution in [1.29, 1.82) is 0 Å². The third-order valence-corrected chi connectivity index (χ3v) is 11.3. The van der Waals surface area contributed by atoms with E-state index in [0.717, 1.165) is 0 Å². The van der Waals surface area contributed by atoms with Crippen molar-refractivity contribution in [2.45, 2.75) is 68.0 Å². The van der Waals surface area contributed by atoms with Gasteiger partial charge in [-0.05, 0) is 66.2 Å². The van der Waals surface area contributed by atoms with Crippen molar-refractivity contribution in [3.8, 4) is 0 Å². The van der Waals surface area contributed by atoms with Gasteiger partial charge in [0.15, 0.2) is 37.0 Å². The van der Waals surface area contributed by atoms with Crippen molar-refractivity contribution >= 4 is 29.8 Å². The number of carbonyl (C=O) groups excluding carboxylic acids is 5. The number of benzene rings is 6. The standard InChI is InChI=1S/C54H48O16/c55-31-40-42(56)44(66-49(58)36-23-11-3-12-24-36)46(68-51(60)38-27-15-5-16-28-38)54(64-40)70-43-41(33-62-48(57)35-21-9-2-10-22-35)65-53(63-32-34-19-7-1-8-20-34)47(69-52(61)39-29-17-6-18-30-39)45(43)67-50(59)37-25-13-4-14-26-37/h1-30,40-47,53-56H,31-33H2/t40?,41?,42-,43+,44-,45?,46?,47?,53+,54-/m0/s1. The van der Waals surface area contributed by atoms with Gasteiger partial charge in [0.05, 0.1) is 41.0 Å². The van der Waals surface area contributed by atoms with E-state index in [1.807, 2.05) is 6.07 Å². The monoisotopic (exact) mass is 952 g/mol. The highest BCUT2D eigenvalue weighted by atomic mass is 16.8. The van der Waals surface area contributed by atoms with E-state index in [4.69, 9.17) is 42.6 Å². The van der Waals surface area contributed by atoms with E-state index in [0.29, 0.717) is 5.56 Å². The van der Waals surface area contributed by atoms with Crippen molar-refractivity contribution in [3.05, 3.63) is 215 Å². The maximum atomic E-state index is 14.3. The summed E-state index contributed by atoms with van der Waals surface area (Å²) in [4.78, 5) is 69.7. The zero-order valence-electron chi connectivity index (χ0n) is 37.3. The average molecular weight is 953 g/mol. The Hall–Kier alpha value is -7.57. The fourth-order valence-electron chi connectivity index (χ4n) is 7.77. The molecule has 0 aromatic heterocycles. The third-order valence-electron chi connectivity index (χ3n) is 11.3. The summed E-state index contributed by atoms with van der Waals surface area (Å²) in [5.74, 6) is -4.47. The SMILES string of the molecule is O=C(OCC1O[C@@H](OCc2ccccc2)C(OC(=O)c2ccccc2)C(OC(=O)c2ccccc2)[C@@H]1O[C@@H]1OC(CO)[C@H](O)[C@H](OC(=O)c2ccccc2)C1OC(=O)c1ccccc1)c1ccccc1. The molecule has 360 valence electrons. The second-order valence-corrected chi connectivity index (χ2v) is 16.1. The summed E-state index contributed by atoms with van der Waals surface area (Å²) in [6, 6.07) is 48.5. The lowest BCUT2D eigenvalue weighted by Gasteiger charge is -2.48. The lowest BCUT2D eigenvalue weighted by Crippen LogP contribution is -2.67. The van der Waals surface area contributed by atoms with Crippen LogP contribution >= 0.6 is 0 Å². The molecule has 6 aromatic rings. The van der Waals surface area contributed by atoms with Crippen molar-refractivity contribution in [2.24, 2.45) is 0 Å². The first-order chi connectivity index (χ1) is 34.2. The molecule has 10 atom stereocenters. The smallest absolute Gasteiger partial charge is 0.338 e. The number of aliphatic hydroxyl groups is 2. The molecule has 2 heterocycles. The second-order valence-electron chi connectivity index (χ2n) is 16.1. The molecule has 8 rings (SSSR count). The van der Waals surface area contributed by atoms with Gasteiger partial charge in [-0.1, -0.05) is 121 Å². The van der Waals surface area contributed by atoms with Crippen LogP contribution in [0, 0.1) is 0 Å². The van der Waals surface area contributed by atoms with Crippen LogP contribution in [0.4, 0.5) is 0 Å². The van der Waals surface area contributed by atoms with Crippen molar-refractivity contribution in [2.75, 3.05) is 13.2 Å². The Morgan fingerprint density at radius 3 is 1.20 bits per heavy atom. The molecule has 2 aliphatic heterocycles. The number of hydrogen-bond acceptors (Lipinski definition) is 16.